The first-order chi connectivity index (χ1) is 14.4. The van der Waals surface area contributed by atoms with Crippen molar-refractivity contribution in [2.75, 3.05) is 45.8 Å². The average molecular weight is 423 g/mol. The van der Waals surface area contributed by atoms with Crippen LogP contribution in [-0.2, 0) is 9.59 Å². The second-order valence-corrected chi connectivity index (χ2v) is 9.89. The topological polar surface area (TPSA) is 87.6 Å². The number of likely N-dealkylation sites (N-methyl/N-ethyl adjacent to an activating group) is 1. The lowest BCUT2D eigenvalue weighted by atomic mass is 9.84. The van der Waals surface area contributed by atoms with E-state index in [9.17, 15) is 19.8 Å². The SMILES string of the molecule is CCN1CC(N2CCC(CC(C)N3CCC(N4CCC4C(=O)O)C3)CC2C(=O)O)C1. The molecule has 0 aliphatic carbocycles. The number of nitrogens with zero attached hydrogens (tertiary/aromatic N) is 4. The van der Waals surface area contributed by atoms with E-state index in [1.165, 1.54) is 0 Å². The van der Waals surface area contributed by atoms with Crippen molar-refractivity contribution in [3.63, 3.8) is 0 Å². The molecule has 4 rings (SSSR count). The minimum atomic E-state index is -0.687. The van der Waals surface area contributed by atoms with E-state index in [0.717, 1.165) is 77.9 Å². The highest BCUT2D eigenvalue weighted by Gasteiger charge is 2.43. The summed E-state index contributed by atoms with van der Waals surface area (Å²) in [6, 6.07) is 0.549. The van der Waals surface area contributed by atoms with Crippen LogP contribution in [0.5, 0.6) is 0 Å². The highest BCUT2D eigenvalue weighted by molar-refractivity contribution is 5.74. The van der Waals surface area contributed by atoms with Gasteiger partial charge in [-0.05, 0) is 58.0 Å². The summed E-state index contributed by atoms with van der Waals surface area (Å²) in [6.07, 6.45) is 4.69. The van der Waals surface area contributed by atoms with Crippen molar-refractivity contribution in [1.82, 2.24) is 19.6 Å². The third-order valence-corrected chi connectivity index (χ3v) is 8.20. The highest BCUT2D eigenvalue weighted by atomic mass is 16.4. The molecule has 170 valence electrons. The number of carboxylic acid groups (broad SMARTS) is 2. The lowest BCUT2D eigenvalue weighted by Crippen LogP contribution is -2.64. The number of aliphatic carboxylic acids is 2. The number of carboxylic acids is 2. The highest BCUT2D eigenvalue weighted by Crippen LogP contribution is 2.33. The van der Waals surface area contributed by atoms with Crippen molar-refractivity contribution in [2.45, 2.75) is 76.2 Å². The molecule has 4 fully saturated rings. The number of likely N-dealkylation sites (tertiary alicyclic amines) is 4. The van der Waals surface area contributed by atoms with Gasteiger partial charge >= 0.3 is 11.9 Å². The van der Waals surface area contributed by atoms with Crippen LogP contribution in [0.15, 0.2) is 0 Å². The van der Waals surface area contributed by atoms with Gasteiger partial charge in [0.25, 0.3) is 0 Å². The molecule has 0 aromatic rings. The van der Waals surface area contributed by atoms with Crippen molar-refractivity contribution in [2.24, 2.45) is 5.92 Å². The Labute approximate surface area is 179 Å². The van der Waals surface area contributed by atoms with Crippen LogP contribution in [0, 0.1) is 5.92 Å². The standard InChI is InChI=1S/C22H38N4O4/c1-3-23-12-18(13-23)26-8-4-16(11-20(26)22(29)30)10-15(2)24-7-5-17(14-24)25-9-6-19(25)21(27)28/h15-20H,3-14H2,1-2H3,(H,27,28)(H,29,30). The number of hydrogen-bond donors (Lipinski definition) is 2. The maximum Gasteiger partial charge on any atom is 0.320 e. The zero-order chi connectivity index (χ0) is 21.4. The molecule has 5 atom stereocenters. The van der Waals surface area contributed by atoms with E-state index in [4.69, 9.17) is 0 Å². The molecule has 30 heavy (non-hydrogen) atoms. The maximum atomic E-state index is 12.0. The van der Waals surface area contributed by atoms with Gasteiger partial charge in [-0.15, -0.1) is 0 Å². The summed E-state index contributed by atoms with van der Waals surface area (Å²) >= 11 is 0. The molecule has 8 heteroatoms. The monoisotopic (exact) mass is 422 g/mol. The quantitative estimate of drug-likeness (QED) is 0.596. The molecule has 0 radical (unpaired) electrons. The molecule has 0 spiro atoms. The zero-order valence-electron chi connectivity index (χ0n) is 18.4. The third-order valence-electron chi connectivity index (χ3n) is 8.20. The summed E-state index contributed by atoms with van der Waals surface area (Å²) in [5.41, 5.74) is 0. The molecule has 5 unspecified atom stereocenters. The Morgan fingerprint density at radius 1 is 0.900 bits per heavy atom. The second kappa shape index (κ2) is 9.10. The van der Waals surface area contributed by atoms with Gasteiger partial charge in [-0.3, -0.25) is 24.3 Å². The van der Waals surface area contributed by atoms with E-state index in [2.05, 4.69) is 33.4 Å². The zero-order valence-corrected chi connectivity index (χ0v) is 18.4. The smallest absolute Gasteiger partial charge is 0.320 e. The van der Waals surface area contributed by atoms with Gasteiger partial charge in [0.1, 0.15) is 12.1 Å². The molecular formula is C22H38N4O4. The fourth-order valence-electron chi connectivity index (χ4n) is 6.14. The lowest BCUT2D eigenvalue weighted by Gasteiger charge is -2.50. The van der Waals surface area contributed by atoms with Crippen LogP contribution >= 0.6 is 0 Å². The minimum absolute atomic E-state index is 0.291. The number of piperidine rings is 1. The van der Waals surface area contributed by atoms with E-state index < -0.39 is 11.9 Å². The van der Waals surface area contributed by atoms with Gasteiger partial charge in [0, 0.05) is 50.8 Å². The van der Waals surface area contributed by atoms with E-state index in [1.807, 2.05) is 0 Å². The first-order valence-electron chi connectivity index (χ1n) is 11.8. The number of rotatable bonds is 8. The molecule has 4 saturated heterocycles. The van der Waals surface area contributed by atoms with E-state index in [0.29, 0.717) is 24.0 Å². The first kappa shape index (κ1) is 22.0. The lowest BCUT2D eigenvalue weighted by molar-refractivity contribution is -0.150. The summed E-state index contributed by atoms with van der Waals surface area (Å²) in [6.45, 7) is 11.2. The van der Waals surface area contributed by atoms with Crippen LogP contribution in [0.1, 0.15) is 46.0 Å². The summed E-state index contributed by atoms with van der Waals surface area (Å²) in [7, 11) is 0. The predicted molar refractivity (Wildman–Crippen MR) is 114 cm³/mol. The molecule has 0 amide bonds. The fraction of sp³-hybridized carbons (Fsp3) is 0.909. The molecule has 4 aliphatic rings. The minimum Gasteiger partial charge on any atom is -0.480 e. The van der Waals surface area contributed by atoms with Gasteiger partial charge in [-0.1, -0.05) is 6.92 Å². The van der Waals surface area contributed by atoms with Crippen molar-refractivity contribution >= 4 is 11.9 Å². The average Bonchev–Trinajstić information content (AvgIpc) is 3.09. The predicted octanol–water partition coefficient (Wildman–Crippen LogP) is 0.868. The normalized spacial score (nSPS) is 35.7. The van der Waals surface area contributed by atoms with Crippen molar-refractivity contribution < 1.29 is 19.8 Å². The Morgan fingerprint density at radius 3 is 2.17 bits per heavy atom. The van der Waals surface area contributed by atoms with Gasteiger partial charge in [0.2, 0.25) is 0 Å². The summed E-state index contributed by atoms with van der Waals surface area (Å²) in [4.78, 5) is 32.6. The molecule has 0 aromatic heterocycles. The number of carbonyl (C=O) groups is 2. The second-order valence-electron chi connectivity index (χ2n) is 9.89. The van der Waals surface area contributed by atoms with Gasteiger partial charge in [0.05, 0.1) is 0 Å². The van der Waals surface area contributed by atoms with Gasteiger partial charge < -0.3 is 15.1 Å². The Balaban J connectivity index is 1.26. The summed E-state index contributed by atoms with van der Waals surface area (Å²) in [5.74, 6) is -0.900. The molecule has 2 N–H and O–H groups in total. The fourth-order valence-corrected chi connectivity index (χ4v) is 6.14. The molecule has 0 aromatic carbocycles. The van der Waals surface area contributed by atoms with E-state index in [1.54, 1.807) is 0 Å². The van der Waals surface area contributed by atoms with Crippen LogP contribution < -0.4 is 0 Å². The van der Waals surface area contributed by atoms with Crippen molar-refractivity contribution in [1.29, 1.82) is 0 Å². The van der Waals surface area contributed by atoms with Gasteiger partial charge in [0.15, 0.2) is 0 Å². The molecule has 4 heterocycles. The Bertz CT molecular complexity index is 641. The van der Waals surface area contributed by atoms with Gasteiger partial charge in [-0.2, -0.15) is 0 Å². The summed E-state index contributed by atoms with van der Waals surface area (Å²) < 4.78 is 0. The van der Waals surface area contributed by atoms with Gasteiger partial charge in [-0.25, -0.2) is 0 Å². The summed E-state index contributed by atoms with van der Waals surface area (Å²) in [5, 5.41) is 19.2. The maximum absolute atomic E-state index is 12.0. The van der Waals surface area contributed by atoms with Crippen LogP contribution in [0.2, 0.25) is 0 Å². The Morgan fingerprint density at radius 2 is 1.57 bits per heavy atom. The largest absolute Gasteiger partial charge is 0.480 e. The number of hydrogen-bond acceptors (Lipinski definition) is 6. The first-order valence-corrected chi connectivity index (χ1v) is 11.8. The van der Waals surface area contributed by atoms with Crippen LogP contribution in [0.25, 0.3) is 0 Å². The molecule has 8 nitrogen and oxygen atoms in total. The van der Waals surface area contributed by atoms with Crippen LogP contribution in [0.4, 0.5) is 0 Å². The molecule has 0 saturated carbocycles. The van der Waals surface area contributed by atoms with Crippen molar-refractivity contribution in [3.05, 3.63) is 0 Å². The Hall–Kier alpha value is -1.22. The molecule has 0 bridgehead atoms. The third kappa shape index (κ3) is 4.38. The van der Waals surface area contributed by atoms with E-state index >= 15 is 0 Å². The molecule has 4 aliphatic heterocycles. The van der Waals surface area contributed by atoms with Crippen molar-refractivity contribution in [3.8, 4) is 0 Å². The molecular weight excluding hydrogens is 384 g/mol. The van der Waals surface area contributed by atoms with E-state index in [-0.39, 0.29) is 12.1 Å². The van der Waals surface area contributed by atoms with Crippen LogP contribution in [-0.4, -0.2) is 118 Å². The van der Waals surface area contributed by atoms with Crippen LogP contribution in [0.3, 0.4) is 0 Å². The Kier molecular flexibility index (Phi) is 6.67.